The average Bonchev–Trinajstić information content (AvgIpc) is 2.92. The van der Waals surface area contributed by atoms with E-state index in [4.69, 9.17) is 14.2 Å². The summed E-state index contributed by atoms with van der Waals surface area (Å²) in [7, 11) is 1.55. The van der Waals surface area contributed by atoms with E-state index in [2.05, 4.69) is 10.6 Å². The Hall–Kier alpha value is -3.77. The summed E-state index contributed by atoms with van der Waals surface area (Å²) in [5, 5.41) is 15.3. The Morgan fingerprint density at radius 2 is 1.77 bits per heavy atom. The summed E-state index contributed by atoms with van der Waals surface area (Å²) < 4.78 is 15.9. The van der Waals surface area contributed by atoms with Crippen LogP contribution in [0.1, 0.15) is 37.9 Å². The molecule has 3 N–H and O–H groups in total. The zero-order valence-corrected chi connectivity index (χ0v) is 23.5. The number of carbonyl (C=O) groups is 4. The first-order chi connectivity index (χ1) is 19.0. The zero-order valence-electron chi connectivity index (χ0n) is 22.7. The van der Waals surface area contributed by atoms with Crippen molar-refractivity contribution in [3.63, 3.8) is 0 Å². The number of aliphatic hydroxyl groups excluding tert-OH is 1. The highest BCUT2D eigenvalue weighted by Crippen LogP contribution is 2.39. The van der Waals surface area contributed by atoms with Crippen LogP contribution < -0.4 is 15.4 Å². The molecular formula is C28H33N3O8S. The van der Waals surface area contributed by atoms with Crippen LogP contribution >= 0.6 is 11.8 Å². The molecule has 2 heterocycles. The minimum Gasteiger partial charge on any atom is -0.497 e. The lowest BCUT2D eigenvalue weighted by atomic mass is 9.98. The fourth-order valence-corrected chi connectivity index (χ4v) is 5.75. The number of esters is 1. The predicted octanol–water partition coefficient (Wildman–Crippen LogP) is 2.13. The maximum atomic E-state index is 13.3. The van der Waals surface area contributed by atoms with Gasteiger partial charge in [-0.15, -0.1) is 11.8 Å². The van der Waals surface area contributed by atoms with Gasteiger partial charge in [-0.25, -0.2) is 9.59 Å². The van der Waals surface area contributed by atoms with Gasteiger partial charge in [-0.05, 0) is 44.0 Å². The van der Waals surface area contributed by atoms with Crippen LogP contribution in [0.25, 0.3) is 0 Å². The highest BCUT2D eigenvalue weighted by molar-refractivity contribution is 8.00. The normalized spacial score (nSPS) is 22.7. The number of amides is 3. The molecule has 0 radical (unpaired) electrons. The Bertz CT molecular complexity index is 1230. The number of hydrogen-bond donors (Lipinski definition) is 3. The second-order valence-corrected chi connectivity index (χ2v) is 11.6. The van der Waals surface area contributed by atoms with Crippen molar-refractivity contribution in [3.05, 3.63) is 65.7 Å². The number of nitrogens with zero attached hydrogens (tertiary/aromatic N) is 1. The van der Waals surface area contributed by atoms with Crippen LogP contribution in [-0.2, 0) is 30.5 Å². The van der Waals surface area contributed by atoms with E-state index in [1.54, 1.807) is 82.5 Å². The minimum absolute atomic E-state index is 0.0405. The first-order valence-corrected chi connectivity index (χ1v) is 13.8. The Morgan fingerprint density at radius 1 is 1.10 bits per heavy atom. The number of carbonyl (C=O) groups excluding carboxylic acids is 4. The van der Waals surface area contributed by atoms with E-state index in [1.807, 2.05) is 0 Å². The monoisotopic (exact) mass is 571 g/mol. The minimum atomic E-state index is -1.20. The molecule has 2 aromatic rings. The Morgan fingerprint density at radius 3 is 2.40 bits per heavy atom. The molecule has 0 bridgehead atoms. The van der Waals surface area contributed by atoms with Gasteiger partial charge in [0.1, 0.15) is 35.4 Å². The highest BCUT2D eigenvalue weighted by Gasteiger charge is 2.58. The quantitative estimate of drug-likeness (QED) is 0.321. The molecule has 2 saturated heterocycles. The van der Waals surface area contributed by atoms with Crippen molar-refractivity contribution < 1.29 is 38.5 Å². The molecule has 0 spiro atoms. The van der Waals surface area contributed by atoms with E-state index in [0.717, 1.165) is 5.56 Å². The van der Waals surface area contributed by atoms with Gasteiger partial charge in [0.25, 0.3) is 0 Å². The van der Waals surface area contributed by atoms with Gasteiger partial charge < -0.3 is 34.9 Å². The predicted molar refractivity (Wildman–Crippen MR) is 146 cm³/mol. The molecule has 2 aromatic carbocycles. The lowest BCUT2D eigenvalue weighted by Gasteiger charge is -2.53. The molecule has 12 heteroatoms. The van der Waals surface area contributed by atoms with E-state index in [0.29, 0.717) is 11.3 Å². The first-order valence-electron chi connectivity index (χ1n) is 12.7. The molecule has 3 amide bonds. The number of hydrogen-bond acceptors (Lipinski definition) is 9. The van der Waals surface area contributed by atoms with E-state index < -0.39 is 59.1 Å². The standard InChI is InChI=1S/C28H33N3O8S/c1-28(2,3)39-27(36)30-20(17-8-6-5-7-9-17)23(33)29-21-24(34)31-22(19(32)15-40-25(21)31)26(35)38-14-16-10-12-18(37-4)13-11-16/h5-13,19-22,25,32H,14-15H2,1-4H3,(H,29,33)(H,30,36)/t19?,20-,21-,22?,25-/m1/s1. The van der Waals surface area contributed by atoms with Crippen LogP contribution in [0.4, 0.5) is 4.79 Å². The summed E-state index contributed by atoms with van der Waals surface area (Å²) in [6.45, 7) is 5.08. The van der Waals surface area contributed by atoms with Crippen molar-refractivity contribution >= 4 is 35.6 Å². The van der Waals surface area contributed by atoms with Crippen molar-refractivity contribution in [2.24, 2.45) is 0 Å². The molecule has 5 atom stereocenters. The summed E-state index contributed by atoms with van der Waals surface area (Å²) in [6, 6.07) is 12.3. The highest BCUT2D eigenvalue weighted by atomic mass is 32.2. The molecule has 2 aliphatic heterocycles. The van der Waals surface area contributed by atoms with Gasteiger partial charge in [0, 0.05) is 5.75 Å². The molecular weight excluding hydrogens is 538 g/mol. The Kier molecular flexibility index (Phi) is 8.89. The van der Waals surface area contributed by atoms with Crippen LogP contribution in [0.2, 0.25) is 0 Å². The molecule has 2 aliphatic rings. The smallest absolute Gasteiger partial charge is 0.408 e. The third-order valence-electron chi connectivity index (χ3n) is 6.32. The van der Waals surface area contributed by atoms with E-state index in [9.17, 15) is 24.3 Å². The van der Waals surface area contributed by atoms with Crippen LogP contribution in [0.3, 0.4) is 0 Å². The van der Waals surface area contributed by atoms with Crippen molar-refractivity contribution in [1.82, 2.24) is 15.5 Å². The number of aliphatic hydroxyl groups is 1. The van der Waals surface area contributed by atoms with E-state index >= 15 is 0 Å². The summed E-state index contributed by atoms with van der Waals surface area (Å²) in [4.78, 5) is 53.2. The molecule has 0 saturated carbocycles. The molecule has 0 aromatic heterocycles. The maximum Gasteiger partial charge on any atom is 0.408 e. The van der Waals surface area contributed by atoms with Crippen molar-refractivity contribution in [2.45, 2.75) is 62.6 Å². The van der Waals surface area contributed by atoms with Crippen LogP contribution in [0.15, 0.2) is 54.6 Å². The summed E-state index contributed by atoms with van der Waals surface area (Å²) >= 11 is 1.25. The van der Waals surface area contributed by atoms with Gasteiger partial charge in [-0.2, -0.15) is 0 Å². The summed E-state index contributed by atoms with van der Waals surface area (Å²) in [5.74, 6) is -1.05. The summed E-state index contributed by atoms with van der Waals surface area (Å²) in [5.41, 5.74) is 0.444. The van der Waals surface area contributed by atoms with Gasteiger partial charge in [-0.3, -0.25) is 9.59 Å². The van der Waals surface area contributed by atoms with Gasteiger partial charge in [0.05, 0.1) is 13.2 Å². The van der Waals surface area contributed by atoms with Gasteiger partial charge in [0.2, 0.25) is 11.8 Å². The number of methoxy groups -OCH3 is 1. The Balaban J connectivity index is 1.42. The molecule has 214 valence electrons. The van der Waals surface area contributed by atoms with E-state index in [1.165, 1.54) is 16.7 Å². The fourth-order valence-electron chi connectivity index (χ4n) is 4.41. The third kappa shape index (κ3) is 6.68. The molecule has 2 unspecified atom stereocenters. The van der Waals surface area contributed by atoms with Crippen LogP contribution in [0.5, 0.6) is 5.75 Å². The topological polar surface area (TPSA) is 144 Å². The third-order valence-corrected chi connectivity index (χ3v) is 7.69. The van der Waals surface area contributed by atoms with Gasteiger partial charge in [-0.1, -0.05) is 42.5 Å². The van der Waals surface area contributed by atoms with Crippen LogP contribution in [0, 0.1) is 0 Å². The molecule has 2 fully saturated rings. The molecule has 0 aliphatic carbocycles. The average molecular weight is 572 g/mol. The SMILES string of the molecule is COc1ccc(COC(=O)C2C(O)CS[C@@H]3[C@H](NC(=O)[C@H](NC(=O)OC(C)(C)C)c4ccccc4)C(=O)N23)cc1. The zero-order chi connectivity index (χ0) is 29.0. The van der Waals surface area contributed by atoms with E-state index in [-0.39, 0.29) is 12.4 Å². The first kappa shape index (κ1) is 29.2. The Labute approximate surface area is 236 Å². The number of alkyl carbamates (subject to hydrolysis) is 1. The number of rotatable bonds is 8. The number of nitrogens with one attached hydrogen (secondary N) is 2. The number of fused-ring (bicyclic) bond motifs is 1. The van der Waals surface area contributed by atoms with Gasteiger partial charge in [0.15, 0.2) is 6.04 Å². The maximum absolute atomic E-state index is 13.3. The molecule has 11 nitrogen and oxygen atoms in total. The lowest BCUT2D eigenvalue weighted by molar-refractivity contribution is -0.172. The van der Waals surface area contributed by atoms with Gasteiger partial charge >= 0.3 is 12.1 Å². The van der Waals surface area contributed by atoms with Crippen molar-refractivity contribution in [1.29, 1.82) is 0 Å². The van der Waals surface area contributed by atoms with Crippen molar-refractivity contribution in [2.75, 3.05) is 12.9 Å². The second-order valence-electron chi connectivity index (χ2n) is 10.4. The molecule has 4 rings (SSSR count). The number of benzene rings is 2. The number of thioether (sulfide) groups is 1. The number of β-lactam (4-membered cyclic amide) rings is 1. The van der Waals surface area contributed by atoms with Crippen molar-refractivity contribution in [3.8, 4) is 5.75 Å². The lowest BCUT2D eigenvalue weighted by Crippen LogP contribution is -2.77. The van der Waals surface area contributed by atoms with Crippen LogP contribution in [-0.4, -0.2) is 75.9 Å². The largest absolute Gasteiger partial charge is 0.497 e. The fraction of sp³-hybridized carbons (Fsp3) is 0.429. The number of ether oxygens (including phenoxy) is 3. The second kappa shape index (κ2) is 12.2. The molecule has 40 heavy (non-hydrogen) atoms. The summed E-state index contributed by atoms with van der Waals surface area (Å²) in [6.07, 6.45) is -1.91.